The summed E-state index contributed by atoms with van der Waals surface area (Å²) in [6.45, 7) is 8.42. The average Bonchev–Trinajstić information content (AvgIpc) is 3.28. The van der Waals surface area contributed by atoms with Crippen molar-refractivity contribution in [1.29, 1.82) is 0 Å². The molecule has 1 aliphatic heterocycles. The Bertz CT molecular complexity index is 966. The van der Waals surface area contributed by atoms with Gasteiger partial charge in [0.25, 0.3) is 0 Å². The van der Waals surface area contributed by atoms with E-state index in [0.29, 0.717) is 25.3 Å². The third-order valence-corrected chi connectivity index (χ3v) is 5.18. The van der Waals surface area contributed by atoms with E-state index >= 15 is 0 Å². The minimum absolute atomic E-state index is 0.103. The fourth-order valence-corrected chi connectivity index (χ4v) is 3.46. The number of carbonyl (C=O) groups is 1. The van der Waals surface area contributed by atoms with Crippen molar-refractivity contribution in [1.82, 2.24) is 29.6 Å². The van der Waals surface area contributed by atoms with E-state index < -0.39 is 0 Å². The highest BCUT2D eigenvalue weighted by Gasteiger charge is 2.24. The van der Waals surface area contributed by atoms with Crippen molar-refractivity contribution in [3.63, 3.8) is 0 Å². The van der Waals surface area contributed by atoms with Gasteiger partial charge in [-0.15, -0.1) is 0 Å². The van der Waals surface area contributed by atoms with Crippen LogP contribution in [0.5, 0.6) is 0 Å². The summed E-state index contributed by atoms with van der Waals surface area (Å²) in [5.41, 5.74) is 1.68. The standard InChI is InChI=1S/C19H23N7O2/c1-13-16(14(2)28-23-13)10-19(27)25-8-6-24(7-9-25)17-11-18(22-12-21-17)26-5-4-20-15(26)3/h4-5,11-12H,6-10H2,1-3H3. The van der Waals surface area contributed by atoms with Crippen molar-refractivity contribution in [3.05, 3.63) is 47.6 Å². The molecular weight excluding hydrogens is 358 g/mol. The molecule has 4 heterocycles. The largest absolute Gasteiger partial charge is 0.361 e. The molecule has 0 bridgehead atoms. The fraction of sp³-hybridized carbons (Fsp3) is 0.421. The van der Waals surface area contributed by atoms with Crippen LogP contribution < -0.4 is 4.90 Å². The summed E-state index contributed by atoms with van der Waals surface area (Å²) < 4.78 is 7.08. The maximum absolute atomic E-state index is 12.7. The quantitative estimate of drug-likeness (QED) is 0.675. The Morgan fingerprint density at radius 3 is 2.46 bits per heavy atom. The molecule has 1 aliphatic rings. The predicted octanol–water partition coefficient (Wildman–Crippen LogP) is 1.47. The van der Waals surface area contributed by atoms with Gasteiger partial charge in [0.05, 0.1) is 12.1 Å². The van der Waals surface area contributed by atoms with Gasteiger partial charge in [0, 0.05) is 50.2 Å². The lowest BCUT2D eigenvalue weighted by Gasteiger charge is -2.35. The summed E-state index contributed by atoms with van der Waals surface area (Å²) in [6.07, 6.45) is 5.53. The van der Waals surface area contributed by atoms with Crippen molar-refractivity contribution < 1.29 is 9.32 Å². The molecule has 1 amide bonds. The smallest absolute Gasteiger partial charge is 0.227 e. The maximum atomic E-state index is 12.7. The van der Waals surface area contributed by atoms with Crippen LogP contribution in [0.3, 0.4) is 0 Å². The van der Waals surface area contributed by atoms with Crippen LogP contribution in [0, 0.1) is 20.8 Å². The SMILES string of the molecule is Cc1noc(C)c1CC(=O)N1CCN(c2cc(-n3ccnc3C)ncn2)CC1. The van der Waals surface area contributed by atoms with Gasteiger partial charge in [0.15, 0.2) is 0 Å². The van der Waals surface area contributed by atoms with Gasteiger partial charge in [-0.3, -0.25) is 9.36 Å². The predicted molar refractivity (Wildman–Crippen MR) is 102 cm³/mol. The molecule has 28 heavy (non-hydrogen) atoms. The number of anilines is 1. The van der Waals surface area contributed by atoms with E-state index in [0.717, 1.165) is 41.8 Å². The first-order chi connectivity index (χ1) is 13.5. The number of hydrogen-bond donors (Lipinski definition) is 0. The second-order valence-electron chi connectivity index (χ2n) is 6.93. The highest BCUT2D eigenvalue weighted by molar-refractivity contribution is 5.79. The van der Waals surface area contributed by atoms with Crippen LogP contribution in [0.4, 0.5) is 5.82 Å². The second-order valence-corrected chi connectivity index (χ2v) is 6.93. The van der Waals surface area contributed by atoms with Crippen molar-refractivity contribution in [2.45, 2.75) is 27.2 Å². The van der Waals surface area contributed by atoms with Crippen molar-refractivity contribution in [2.75, 3.05) is 31.1 Å². The molecule has 0 N–H and O–H groups in total. The molecule has 0 atom stereocenters. The molecule has 0 aliphatic carbocycles. The molecule has 0 radical (unpaired) electrons. The first kappa shape index (κ1) is 18.1. The number of nitrogens with zero attached hydrogens (tertiary/aromatic N) is 7. The molecule has 4 rings (SSSR count). The molecule has 9 nitrogen and oxygen atoms in total. The number of aryl methyl sites for hydroxylation is 3. The molecule has 0 unspecified atom stereocenters. The minimum atomic E-state index is 0.103. The molecular formula is C19H23N7O2. The Labute approximate surface area is 163 Å². The molecule has 0 spiro atoms. The topological polar surface area (TPSA) is 93.2 Å². The van der Waals surface area contributed by atoms with E-state index in [1.165, 1.54) is 0 Å². The molecule has 146 valence electrons. The van der Waals surface area contributed by atoms with Crippen molar-refractivity contribution >= 4 is 11.7 Å². The zero-order chi connectivity index (χ0) is 19.7. The average molecular weight is 381 g/mol. The van der Waals surface area contributed by atoms with Crippen LogP contribution in [0.2, 0.25) is 0 Å². The van der Waals surface area contributed by atoms with Crippen LogP contribution in [0.15, 0.2) is 29.3 Å². The lowest BCUT2D eigenvalue weighted by molar-refractivity contribution is -0.130. The molecule has 9 heteroatoms. The zero-order valence-corrected chi connectivity index (χ0v) is 16.3. The zero-order valence-electron chi connectivity index (χ0n) is 16.3. The Kier molecular flexibility index (Phi) is 4.81. The molecule has 0 aromatic carbocycles. The Morgan fingerprint density at radius 2 is 1.82 bits per heavy atom. The van der Waals surface area contributed by atoms with Gasteiger partial charge in [-0.05, 0) is 20.8 Å². The number of rotatable bonds is 4. The second kappa shape index (κ2) is 7.41. The number of aromatic nitrogens is 5. The molecule has 0 saturated carbocycles. The Hall–Kier alpha value is -3.23. The van der Waals surface area contributed by atoms with Gasteiger partial charge in [-0.1, -0.05) is 5.16 Å². The number of imidazole rings is 1. The van der Waals surface area contributed by atoms with Crippen molar-refractivity contribution in [2.24, 2.45) is 0 Å². The summed E-state index contributed by atoms with van der Waals surface area (Å²) >= 11 is 0. The van der Waals surface area contributed by atoms with Crippen LogP contribution in [0.1, 0.15) is 22.8 Å². The van der Waals surface area contributed by atoms with Crippen LogP contribution in [0.25, 0.3) is 5.82 Å². The number of carbonyl (C=O) groups excluding carboxylic acids is 1. The van der Waals surface area contributed by atoms with E-state index in [1.807, 2.05) is 42.5 Å². The lowest BCUT2D eigenvalue weighted by atomic mass is 10.1. The van der Waals surface area contributed by atoms with Gasteiger partial charge >= 0.3 is 0 Å². The van der Waals surface area contributed by atoms with Crippen LogP contribution in [-0.2, 0) is 11.2 Å². The third kappa shape index (κ3) is 3.47. The highest BCUT2D eigenvalue weighted by atomic mass is 16.5. The van der Waals surface area contributed by atoms with Gasteiger partial charge in [-0.2, -0.15) is 0 Å². The highest BCUT2D eigenvalue weighted by Crippen LogP contribution is 2.18. The molecule has 1 saturated heterocycles. The van der Waals surface area contributed by atoms with E-state index in [-0.39, 0.29) is 5.91 Å². The normalized spacial score (nSPS) is 14.5. The molecule has 3 aromatic rings. The van der Waals surface area contributed by atoms with Crippen LogP contribution >= 0.6 is 0 Å². The van der Waals surface area contributed by atoms with E-state index in [2.05, 4.69) is 25.0 Å². The van der Waals surface area contributed by atoms with Gasteiger partial charge < -0.3 is 14.3 Å². The first-order valence-electron chi connectivity index (χ1n) is 9.30. The fourth-order valence-electron chi connectivity index (χ4n) is 3.46. The summed E-state index contributed by atoms with van der Waals surface area (Å²) in [7, 11) is 0. The molecule has 1 fully saturated rings. The van der Waals surface area contributed by atoms with E-state index in [4.69, 9.17) is 4.52 Å². The number of hydrogen-bond acceptors (Lipinski definition) is 7. The molecule has 3 aromatic heterocycles. The monoisotopic (exact) mass is 381 g/mol. The Balaban J connectivity index is 1.40. The Morgan fingerprint density at radius 1 is 1.07 bits per heavy atom. The summed E-state index contributed by atoms with van der Waals surface area (Å²) in [5, 5.41) is 3.93. The van der Waals surface area contributed by atoms with Crippen molar-refractivity contribution in [3.8, 4) is 5.82 Å². The first-order valence-corrected chi connectivity index (χ1v) is 9.30. The maximum Gasteiger partial charge on any atom is 0.227 e. The minimum Gasteiger partial charge on any atom is -0.361 e. The number of piperazine rings is 1. The summed E-state index contributed by atoms with van der Waals surface area (Å²) in [5.74, 6) is 3.34. The van der Waals surface area contributed by atoms with Crippen LogP contribution in [-0.4, -0.2) is 61.7 Å². The van der Waals surface area contributed by atoms with Gasteiger partial charge in [0.1, 0.15) is 29.5 Å². The lowest BCUT2D eigenvalue weighted by Crippen LogP contribution is -2.49. The number of amides is 1. The van der Waals surface area contributed by atoms with E-state index in [9.17, 15) is 4.79 Å². The van der Waals surface area contributed by atoms with Gasteiger partial charge in [0.2, 0.25) is 5.91 Å². The van der Waals surface area contributed by atoms with Gasteiger partial charge in [-0.25, -0.2) is 15.0 Å². The summed E-state index contributed by atoms with van der Waals surface area (Å²) in [4.78, 5) is 29.7. The third-order valence-electron chi connectivity index (χ3n) is 5.18. The van der Waals surface area contributed by atoms with E-state index in [1.54, 1.807) is 12.5 Å². The summed E-state index contributed by atoms with van der Waals surface area (Å²) in [6, 6.07) is 1.95.